The van der Waals surface area contributed by atoms with Crippen molar-refractivity contribution in [3.05, 3.63) is 78.9 Å². The van der Waals surface area contributed by atoms with Gasteiger partial charge >= 0.3 is 0 Å². The molecule has 0 aliphatic heterocycles. The fourth-order valence-corrected chi connectivity index (χ4v) is 4.58. The van der Waals surface area contributed by atoms with Crippen LogP contribution in [0.1, 0.15) is 0 Å². The predicted octanol–water partition coefficient (Wildman–Crippen LogP) is 3.88. The zero-order chi connectivity index (χ0) is 17.5. The van der Waals surface area contributed by atoms with Crippen LogP contribution in [0.25, 0.3) is 0 Å². The van der Waals surface area contributed by atoms with Gasteiger partial charge in [0.05, 0.1) is 17.5 Å². The van der Waals surface area contributed by atoms with Crippen LogP contribution >= 0.6 is 0 Å². The first-order chi connectivity index (χ1) is 12.3. The molecule has 0 spiro atoms. The van der Waals surface area contributed by atoms with E-state index < -0.39 is 10.9 Å². The summed E-state index contributed by atoms with van der Waals surface area (Å²) < 4.78 is 10.6. The Morgan fingerprint density at radius 3 is 2.08 bits per heavy atom. The number of para-hydroxylation sites is 1. The van der Waals surface area contributed by atoms with Gasteiger partial charge in [-0.15, -0.1) is 0 Å². The average molecular weight is 352 g/mol. The summed E-state index contributed by atoms with van der Waals surface area (Å²) in [6, 6.07) is 25.3. The number of ether oxygens (including phenoxy) is 2. The fourth-order valence-electron chi connectivity index (χ4n) is 2.48. The van der Waals surface area contributed by atoms with Crippen molar-refractivity contribution in [2.75, 3.05) is 20.3 Å². The van der Waals surface area contributed by atoms with Crippen LogP contribution < -0.4 is 9.84 Å². The molecule has 4 heteroatoms. The molecular formula is C21H20O3S. The Bertz CT molecular complexity index is 788. The summed E-state index contributed by atoms with van der Waals surface area (Å²) in [7, 11) is 1.22. The summed E-state index contributed by atoms with van der Waals surface area (Å²) in [4.78, 5) is 3.02. The zero-order valence-corrected chi connectivity index (χ0v) is 14.9. The Labute approximate surface area is 151 Å². The van der Waals surface area contributed by atoms with Gasteiger partial charge in [0.2, 0.25) is 0 Å². The molecule has 1 unspecified atom stereocenters. The van der Waals surface area contributed by atoms with Gasteiger partial charge in [0.15, 0.2) is 14.7 Å². The van der Waals surface area contributed by atoms with Crippen molar-refractivity contribution in [1.82, 2.24) is 0 Å². The highest BCUT2D eigenvalue weighted by molar-refractivity contribution is 7.97. The molecule has 3 aromatic carbocycles. The lowest BCUT2D eigenvalue weighted by atomic mass is 10.3. The summed E-state index contributed by atoms with van der Waals surface area (Å²) in [6.45, 7) is 1.07. The van der Waals surface area contributed by atoms with E-state index in [1.165, 1.54) is 0 Å². The van der Waals surface area contributed by atoms with E-state index >= 15 is 0 Å². The molecular weight excluding hydrogens is 332 g/mol. The second kappa shape index (κ2) is 8.60. The van der Waals surface area contributed by atoms with E-state index in [4.69, 9.17) is 9.47 Å². The van der Waals surface area contributed by atoms with Crippen molar-refractivity contribution in [1.29, 1.82) is 0 Å². The quantitative estimate of drug-likeness (QED) is 0.479. The lowest BCUT2D eigenvalue weighted by Crippen LogP contribution is -2.08. The molecule has 0 bridgehead atoms. The van der Waals surface area contributed by atoms with E-state index in [-0.39, 0.29) is 5.75 Å². The molecule has 0 aliphatic carbocycles. The van der Waals surface area contributed by atoms with Gasteiger partial charge in [-0.3, -0.25) is 0 Å². The standard InChI is InChI=1S/C21H20O3S/c1-23-15-16-24-17-11-13-19(14-12-17)25(18-7-3-2-4-8-18)21-10-6-5-9-20(21)22/h2-14H,15-16H2,1H3. The van der Waals surface area contributed by atoms with Gasteiger partial charge in [-0.25, -0.2) is 0 Å². The molecule has 3 rings (SSSR count). The maximum atomic E-state index is 12.4. The molecule has 128 valence electrons. The Kier molecular flexibility index (Phi) is 5.99. The van der Waals surface area contributed by atoms with E-state index in [9.17, 15) is 5.11 Å². The number of rotatable bonds is 7. The Balaban J connectivity index is 1.94. The number of hydrogen-bond acceptors (Lipinski definition) is 3. The monoisotopic (exact) mass is 352 g/mol. The van der Waals surface area contributed by atoms with Crippen molar-refractivity contribution in [3.63, 3.8) is 0 Å². The molecule has 0 saturated heterocycles. The van der Waals surface area contributed by atoms with Crippen molar-refractivity contribution >= 4 is 10.9 Å². The van der Waals surface area contributed by atoms with E-state index in [0.29, 0.717) is 13.2 Å². The topological polar surface area (TPSA) is 41.5 Å². The summed E-state index contributed by atoms with van der Waals surface area (Å²) >= 11 is 0. The molecule has 0 radical (unpaired) electrons. The van der Waals surface area contributed by atoms with E-state index in [1.54, 1.807) is 19.2 Å². The second-order valence-corrected chi connectivity index (χ2v) is 7.37. The number of methoxy groups -OCH3 is 1. The average Bonchev–Trinajstić information content (AvgIpc) is 2.66. The van der Waals surface area contributed by atoms with Crippen molar-refractivity contribution in [2.24, 2.45) is 0 Å². The van der Waals surface area contributed by atoms with Crippen LogP contribution in [0, 0.1) is 0 Å². The molecule has 0 heterocycles. The van der Waals surface area contributed by atoms with Crippen molar-refractivity contribution in [2.45, 2.75) is 14.7 Å². The highest BCUT2D eigenvalue weighted by Crippen LogP contribution is 2.35. The third kappa shape index (κ3) is 4.35. The van der Waals surface area contributed by atoms with Crippen LogP contribution in [0.3, 0.4) is 0 Å². The molecule has 0 fully saturated rings. The molecule has 3 aromatic rings. The lowest BCUT2D eigenvalue weighted by molar-refractivity contribution is -0.272. The fraction of sp³-hybridized carbons (Fsp3) is 0.143. The summed E-state index contributed by atoms with van der Waals surface area (Å²) in [5.41, 5.74) is 0. The minimum absolute atomic E-state index is 0.0649. The third-order valence-electron chi connectivity index (χ3n) is 3.66. The Morgan fingerprint density at radius 2 is 1.40 bits per heavy atom. The van der Waals surface area contributed by atoms with Gasteiger partial charge in [0.25, 0.3) is 0 Å². The van der Waals surface area contributed by atoms with Crippen LogP contribution in [0.5, 0.6) is 11.5 Å². The van der Waals surface area contributed by atoms with Crippen LogP contribution in [-0.2, 0) is 15.6 Å². The number of benzene rings is 3. The molecule has 25 heavy (non-hydrogen) atoms. The third-order valence-corrected chi connectivity index (χ3v) is 5.93. The zero-order valence-electron chi connectivity index (χ0n) is 14.1. The lowest BCUT2D eigenvalue weighted by Gasteiger charge is -2.14. The smallest absolute Gasteiger partial charge is 0.166 e. The normalized spacial score (nSPS) is 11.9. The predicted molar refractivity (Wildman–Crippen MR) is 98.3 cm³/mol. The Morgan fingerprint density at radius 1 is 0.760 bits per heavy atom. The maximum Gasteiger partial charge on any atom is 0.166 e. The van der Waals surface area contributed by atoms with Gasteiger partial charge in [-0.1, -0.05) is 42.1 Å². The first-order valence-electron chi connectivity index (χ1n) is 8.07. The highest BCUT2D eigenvalue weighted by Gasteiger charge is 2.28. The summed E-state index contributed by atoms with van der Waals surface area (Å²) in [6.07, 6.45) is 0. The first-order valence-corrected chi connectivity index (χ1v) is 9.29. The SMILES string of the molecule is COCCOc1ccc([S+](c2ccccc2)c2ccccc2[O-])cc1. The van der Waals surface area contributed by atoms with Crippen LogP contribution in [0.4, 0.5) is 0 Å². The highest BCUT2D eigenvalue weighted by atomic mass is 32.2. The van der Waals surface area contributed by atoms with E-state index in [0.717, 1.165) is 20.4 Å². The maximum absolute atomic E-state index is 12.4. The molecule has 0 amide bonds. The molecule has 0 aromatic heterocycles. The van der Waals surface area contributed by atoms with Crippen molar-refractivity contribution in [3.8, 4) is 11.5 Å². The van der Waals surface area contributed by atoms with E-state index in [2.05, 4.69) is 12.1 Å². The first kappa shape index (κ1) is 17.4. The van der Waals surface area contributed by atoms with Gasteiger partial charge in [0, 0.05) is 7.11 Å². The van der Waals surface area contributed by atoms with Crippen molar-refractivity contribution < 1.29 is 14.6 Å². The second-order valence-electron chi connectivity index (χ2n) is 5.38. The number of hydrogen-bond donors (Lipinski definition) is 0. The molecule has 0 saturated carbocycles. The van der Waals surface area contributed by atoms with Gasteiger partial charge in [-0.2, -0.15) is 0 Å². The van der Waals surface area contributed by atoms with Gasteiger partial charge < -0.3 is 14.6 Å². The van der Waals surface area contributed by atoms with Gasteiger partial charge in [-0.05, 0) is 42.5 Å². The van der Waals surface area contributed by atoms with Crippen LogP contribution in [-0.4, -0.2) is 20.3 Å². The minimum Gasteiger partial charge on any atom is -0.869 e. The molecule has 0 aliphatic rings. The summed E-state index contributed by atoms with van der Waals surface area (Å²) in [5, 5.41) is 12.4. The van der Waals surface area contributed by atoms with E-state index in [1.807, 2.05) is 54.6 Å². The Hall–Kier alpha value is -2.43. The van der Waals surface area contributed by atoms with Crippen LogP contribution in [0.2, 0.25) is 0 Å². The molecule has 1 atom stereocenters. The molecule has 0 N–H and O–H groups in total. The van der Waals surface area contributed by atoms with Crippen LogP contribution in [0.15, 0.2) is 93.5 Å². The summed E-state index contributed by atoms with van der Waals surface area (Å²) in [5.74, 6) is 0.864. The largest absolute Gasteiger partial charge is 0.869 e. The minimum atomic E-state index is -0.435. The van der Waals surface area contributed by atoms with Gasteiger partial charge in [0.1, 0.15) is 12.4 Å². The molecule has 3 nitrogen and oxygen atoms in total.